The van der Waals surface area contributed by atoms with E-state index in [4.69, 9.17) is 5.73 Å². The van der Waals surface area contributed by atoms with Crippen LogP contribution in [0.15, 0.2) is 35.0 Å². The maximum atomic E-state index is 14.3. The van der Waals surface area contributed by atoms with Crippen LogP contribution in [0.25, 0.3) is 0 Å². The number of halogens is 1. The summed E-state index contributed by atoms with van der Waals surface area (Å²) in [5.41, 5.74) is 8.97. The van der Waals surface area contributed by atoms with Crippen molar-refractivity contribution in [3.63, 3.8) is 0 Å². The Morgan fingerprint density at radius 3 is 2.81 bits per heavy atom. The molecule has 1 aromatic carbocycles. The van der Waals surface area contributed by atoms with Crippen LogP contribution < -0.4 is 10.6 Å². The predicted molar refractivity (Wildman–Crippen MR) is 87.3 cm³/mol. The molecule has 1 unspecified atom stereocenters. The molecule has 1 heterocycles. The van der Waals surface area contributed by atoms with Crippen molar-refractivity contribution in [1.29, 1.82) is 0 Å². The molecule has 0 saturated heterocycles. The van der Waals surface area contributed by atoms with Crippen LogP contribution in [-0.4, -0.2) is 12.1 Å². The second kappa shape index (κ2) is 6.16. The molecule has 0 radical (unpaired) electrons. The van der Waals surface area contributed by atoms with Gasteiger partial charge in [0.1, 0.15) is 5.82 Å². The number of nitrogens with two attached hydrogens (primary N) is 1. The molecule has 1 aromatic heterocycles. The van der Waals surface area contributed by atoms with Gasteiger partial charge in [-0.2, -0.15) is 11.3 Å². The summed E-state index contributed by atoms with van der Waals surface area (Å²) >= 11 is 1.71. The lowest BCUT2D eigenvalue weighted by atomic mass is 10.0. The highest BCUT2D eigenvalue weighted by Crippen LogP contribution is 2.36. The van der Waals surface area contributed by atoms with Crippen molar-refractivity contribution in [3.8, 4) is 0 Å². The highest BCUT2D eigenvalue weighted by atomic mass is 32.1. The van der Waals surface area contributed by atoms with Gasteiger partial charge in [0.15, 0.2) is 0 Å². The Balaban J connectivity index is 1.93. The number of benzene rings is 1. The molecule has 1 fully saturated rings. The zero-order chi connectivity index (χ0) is 14.8. The van der Waals surface area contributed by atoms with Crippen molar-refractivity contribution in [2.45, 2.75) is 44.8 Å². The average Bonchev–Trinajstić information content (AvgIpc) is 3.15. The molecule has 0 aliphatic heterocycles. The summed E-state index contributed by atoms with van der Waals surface area (Å²) in [7, 11) is 0. The zero-order valence-electron chi connectivity index (χ0n) is 12.3. The number of rotatable bonds is 6. The van der Waals surface area contributed by atoms with Gasteiger partial charge in [-0.05, 0) is 60.7 Å². The molecular weight excluding hydrogens is 283 g/mol. The summed E-state index contributed by atoms with van der Waals surface area (Å²) in [6, 6.07) is 8.02. The van der Waals surface area contributed by atoms with Gasteiger partial charge in [-0.25, -0.2) is 4.39 Å². The number of thiophene rings is 1. The molecule has 2 N–H and O–H groups in total. The molecule has 3 rings (SSSR count). The standard InChI is InChI=1S/C17H21FN2S/c1-12(19)9-15-16(18)3-2-4-17(15)20(14-5-6-14)10-13-7-8-21-11-13/h2-4,7-8,11-12,14H,5-6,9-10,19H2,1H3. The number of hydrogen-bond acceptors (Lipinski definition) is 3. The van der Waals surface area contributed by atoms with Gasteiger partial charge in [0.05, 0.1) is 0 Å². The summed E-state index contributed by atoms with van der Waals surface area (Å²) < 4.78 is 14.3. The van der Waals surface area contributed by atoms with E-state index in [1.807, 2.05) is 13.0 Å². The fourth-order valence-electron chi connectivity index (χ4n) is 2.72. The number of nitrogens with zero attached hydrogens (tertiary/aromatic N) is 1. The van der Waals surface area contributed by atoms with E-state index in [1.165, 1.54) is 24.5 Å². The molecule has 1 aliphatic carbocycles. The van der Waals surface area contributed by atoms with Crippen LogP contribution >= 0.6 is 11.3 Å². The molecule has 1 aliphatic rings. The fourth-order valence-corrected chi connectivity index (χ4v) is 3.38. The van der Waals surface area contributed by atoms with E-state index >= 15 is 0 Å². The highest BCUT2D eigenvalue weighted by molar-refractivity contribution is 7.07. The summed E-state index contributed by atoms with van der Waals surface area (Å²) in [4.78, 5) is 2.35. The van der Waals surface area contributed by atoms with Crippen LogP contribution in [0.3, 0.4) is 0 Å². The quantitative estimate of drug-likeness (QED) is 0.875. The first-order chi connectivity index (χ1) is 10.1. The minimum atomic E-state index is -0.138. The molecular formula is C17H21FN2S. The molecule has 0 spiro atoms. The molecule has 2 nitrogen and oxygen atoms in total. The lowest BCUT2D eigenvalue weighted by Crippen LogP contribution is -2.28. The first-order valence-corrected chi connectivity index (χ1v) is 8.40. The minimum Gasteiger partial charge on any atom is -0.364 e. The summed E-state index contributed by atoms with van der Waals surface area (Å²) in [5.74, 6) is -0.138. The Hall–Kier alpha value is -1.39. The largest absolute Gasteiger partial charge is 0.364 e. The van der Waals surface area contributed by atoms with Gasteiger partial charge in [-0.3, -0.25) is 0 Å². The van der Waals surface area contributed by atoms with Gasteiger partial charge in [0, 0.05) is 29.9 Å². The third-order valence-electron chi connectivity index (χ3n) is 3.85. The smallest absolute Gasteiger partial charge is 0.128 e. The van der Waals surface area contributed by atoms with Gasteiger partial charge in [0.2, 0.25) is 0 Å². The molecule has 1 atom stereocenters. The van der Waals surface area contributed by atoms with E-state index in [0.717, 1.165) is 17.8 Å². The SMILES string of the molecule is CC(N)Cc1c(F)cccc1N(Cc1ccsc1)C1CC1. The van der Waals surface area contributed by atoms with Crippen molar-refractivity contribution < 1.29 is 4.39 Å². The van der Waals surface area contributed by atoms with Crippen LogP contribution in [0.5, 0.6) is 0 Å². The Kier molecular flexibility index (Phi) is 4.27. The topological polar surface area (TPSA) is 29.3 Å². The van der Waals surface area contributed by atoms with Crippen LogP contribution in [0, 0.1) is 5.82 Å². The molecule has 1 saturated carbocycles. The van der Waals surface area contributed by atoms with Crippen LogP contribution in [0.4, 0.5) is 10.1 Å². The Bertz CT molecular complexity index is 591. The lowest BCUT2D eigenvalue weighted by Gasteiger charge is -2.27. The monoisotopic (exact) mass is 304 g/mol. The molecule has 21 heavy (non-hydrogen) atoms. The van der Waals surface area contributed by atoms with Crippen LogP contribution in [-0.2, 0) is 13.0 Å². The van der Waals surface area contributed by atoms with Crippen molar-refractivity contribution in [1.82, 2.24) is 0 Å². The summed E-state index contributed by atoms with van der Waals surface area (Å²) in [6.45, 7) is 2.78. The summed E-state index contributed by atoms with van der Waals surface area (Å²) in [6.07, 6.45) is 2.96. The first kappa shape index (κ1) is 14.5. The number of anilines is 1. The van der Waals surface area contributed by atoms with Gasteiger partial charge >= 0.3 is 0 Å². The highest BCUT2D eigenvalue weighted by Gasteiger charge is 2.31. The van der Waals surface area contributed by atoms with Gasteiger partial charge in [-0.1, -0.05) is 6.07 Å². The van der Waals surface area contributed by atoms with Crippen molar-refractivity contribution in [2.24, 2.45) is 5.73 Å². The van der Waals surface area contributed by atoms with Gasteiger partial charge in [0.25, 0.3) is 0 Å². The molecule has 2 aromatic rings. The average molecular weight is 304 g/mol. The van der Waals surface area contributed by atoms with E-state index in [0.29, 0.717) is 12.5 Å². The third-order valence-corrected chi connectivity index (χ3v) is 4.58. The maximum Gasteiger partial charge on any atom is 0.128 e. The van der Waals surface area contributed by atoms with E-state index in [1.54, 1.807) is 17.4 Å². The van der Waals surface area contributed by atoms with Crippen molar-refractivity contribution in [2.75, 3.05) is 4.90 Å². The van der Waals surface area contributed by atoms with E-state index in [9.17, 15) is 4.39 Å². The third kappa shape index (κ3) is 3.44. The minimum absolute atomic E-state index is 0.0390. The Morgan fingerprint density at radius 2 is 2.19 bits per heavy atom. The van der Waals surface area contributed by atoms with Gasteiger partial charge in [-0.15, -0.1) is 0 Å². The van der Waals surface area contributed by atoms with E-state index in [2.05, 4.69) is 21.7 Å². The fraction of sp³-hybridized carbons (Fsp3) is 0.412. The van der Waals surface area contributed by atoms with Crippen LogP contribution in [0.2, 0.25) is 0 Å². The maximum absolute atomic E-state index is 14.3. The lowest BCUT2D eigenvalue weighted by molar-refractivity contribution is 0.593. The second-order valence-corrected chi connectivity index (χ2v) is 6.69. The van der Waals surface area contributed by atoms with E-state index < -0.39 is 0 Å². The normalized spacial score (nSPS) is 16.0. The van der Waals surface area contributed by atoms with Crippen LogP contribution in [0.1, 0.15) is 30.9 Å². The van der Waals surface area contributed by atoms with Crippen molar-refractivity contribution >= 4 is 17.0 Å². The molecule has 4 heteroatoms. The Labute approximate surface area is 129 Å². The molecule has 0 bridgehead atoms. The van der Waals surface area contributed by atoms with E-state index in [-0.39, 0.29) is 11.9 Å². The summed E-state index contributed by atoms with van der Waals surface area (Å²) in [5, 5.41) is 4.26. The first-order valence-electron chi connectivity index (χ1n) is 7.46. The molecule has 112 valence electrons. The second-order valence-electron chi connectivity index (χ2n) is 5.91. The van der Waals surface area contributed by atoms with Gasteiger partial charge < -0.3 is 10.6 Å². The number of hydrogen-bond donors (Lipinski definition) is 1. The Morgan fingerprint density at radius 1 is 1.38 bits per heavy atom. The van der Waals surface area contributed by atoms with Crippen molar-refractivity contribution in [3.05, 3.63) is 52.0 Å². The molecule has 0 amide bonds. The predicted octanol–water partition coefficient (Wildman–Crippen LogP) is 3.95. The zero-order valence-corrected chi connectivity index (χ0v) is 13.1.